The van der Waals surface area contributed by atoms with Gasteiger partial charge < -0.3 is 9.79 Å². The minimum Gasteiger partial charge on any atom is -0.323 e. The molecule has 0 radical (unpaired) electrons. The van der Waals surface area contributed by atoms with Gasteiger partial charge in [0.05, 0.1) is 0 Å². The third kappa shape index (κ3) is 2.32. The van der Waals surface area contributed by atoms with Gasteiger partial charge in [0.1, 0.15) is 5.28 Å². The normalized spacial score (nSPS) is 22.5. The van der Waals surface area contributed by atoms with Crippen LogP contribution in [0.3, 0.4) is 0 Å². The van der Waals surface area contributed by atoms with E-state index < -0.39 is 12.9 Å². The Morgan fingerprint density at radius 3 is 2.08 bits per heavy atom. The van der Waals surface area contributed by atoms with Crippen LogP contribution in [0.5, 0.6) is 0 Å². The average molecular weight is 207 g/mol. The zero-order valence-corrected chi connectivity index (χ0v) is 9.05. The summed E-state index contributed by atoms with van der Waals surface area (Å²) in [6.45, 7) is 3.82. The van der Waals surface area contributed by atoms with E-state index in [1.165, 1.54) is 0 Å². The number of nitrogens with one attached hydrogen (secondary N) is 1. The largest absolute Gasteiger partial charge is 0.345 e. The second kappa shape index (κ2) is 3.70. The van der Waals surface area contributed by atoms with Crippen LogP contribution in [0.1, 0.15) is 39.5 Å². The van der Waals surface area contributed by atoms with Crippen molar-refractivity contribution in [3.63, 3.8) is 0 Å². The van der Waals surface area contributed by atoms with E-state index in [9.17, 15) is 14.4 Å². The highest BCUT2D eigenvalue weighted by atomic mass is 31.2. The quantitative estimate of drug-likeness (QED) is 0.612. The van der Waals surface area contributed by atoms with Gasteiger partial charge in [0.2, 0.25) is 0 Å². The lowest BCUT2D eigenvalue weighted by Crippen LogP contribution is -2.46. The van der Waals surface area contributed by atoms with Crippen molar-refractivity contribution in [2.45, 2.75) is 50.9 Å². The third-order valence-electron chi connectivity index (χ3n) is 2.55. The minimum atomic E-state index is -4.01. The maximum absolute atomic E-state index is 11.3. The zero-order chi connectivity index (χ0) is 10.1. The summed E-state index contributed by atoms with van der Waals surface area (Å²) >= 11 is 0. The van der Waals surface area contributed by atoms with Crippen LogP contribution in [0.15, 0.2) is 0 Å². The van der Waals surface area contributed by atoms with E-state index in [1.807, 2.05) is 13.8 Å². The van der Waals surface area contributed by atoms with E-state index in [0.29, 0.717) is 12.8 Å². The molecule has 0 aliphatic heterocycles. The van der Waals surface area contributed by atoms with Gasteiger partial charge in [-0.05, 0) is 26.7 Å². The number of rotatable bonds is 3. The van der Waals surface area contributed by atoms with Gasteiger partial charge in [-0.15, -0.1) is 0 Å². The number of hydrogen-bond donors (Lipinski definition) is 3. The van der Waals surface area contributed by atoms with Crippen molar-refractivity contribution in [3.8, 4) is 0 Å². The third-order valence-corrected chi connectivity index (χ3v) is 4.24. The highest BCUT2D eigenvalue weighted by Gasteiger charge is 2.48. The molecule has 3 N–H and O–H groups in total. The second-order valence-corrected chi connectivity index (χ2v) is 6.03. The predicted molar refractivity (Wildman–Crippen MR) is 51.5 cm³/mol. The Labute approximate surface area is 78.9 Å². The van der Waals surface area contributed by atoms with E-state index in [2.05, 4.69) is 5.32 Å². The van der Waals surface area contributed by atoms with Crippen LogP contribution in [0.25, 0.3) is 0 Å². The fraction of sp³-hybridized carbons (Fsp3) is 1.00. The molecule has 1 fully saturated rings. The van der Waals surface area contributed by atoms with Crippen LogP contribution in [0.4, 0.5) is 0 Å². The molecule has 4 nitrogen and oxygen atoms in total. The topological polar surface area (TPSA) is 69.6 Å². The molecule has 1 aliphatic rings. The summed E-state index contributed by atoms with van der Waals surface area (Å²) < 4.78 is 11.3. The van der Waals surface area contributed by atoms with Crippen LogP contribution in [-0.2, 0) is 4.57 Å². The lowest BCUT2D eigenvalue weighted by molar-refractivity contribution is 0.286. The summed E-state index contributed by atoms with van der Waals surface area (Å²) in [4.78, 5) is 18.5. The Morgan fingerprint density at radius 2 is 1.77 bits per heavy atom. The maximum atomic E-state index is 11.3. The summed E-state index contributed by atoms with van der Waals surface area (Å²) in [5, 5.41) is 2.10. The standard InChI is InChI=1S/C8H18NO3P/c1-7(2)9-8(13(10,11)12)5-3-4-6-8/h7,9H,3-6H2,1-2H3,(H2,10,11,12). The summed E-state index contributed by atoms with van der Waals surface area (Å²) in [6.07, 6.45) is 3.00. The molecule has 0 aromatic rings. The van der Waals surface area contributed by atoms with Gasteiger partial charge >= 0.3 is 7.60 Å². The summed E-state index contributed by atoms with van der Waals surface area (Å²) in [5.74, 6) is 0. The van der Waals surface area contributed by atoms with Gasteiger partial charge in [0.15, 0.2) is 0 Å². The van der Waals surface area contributed by atoms with Gasteiger partial charge in [-0.3, -0.25) is 9.88 Å². The molecule has 0 amide bonds. The molecule has 0 unspecified atom stereocenters. The Balaban J connectivity index is 2.82. The molecule has 1 rings (SSSR count). The lowest BCUT2D eigenvalue weighted by atomic mass is 10.2. The second-order valence-electron chi connectivity index (χ2n) is 4.08. The van der Waals surface area contributed by atoms with Gasteiger partial charge in [-0.25, -0.2) is 0 Å². The minimum absolute atomic E-state index is 0.116. The Kier molecular flexibility index (Phi) is 3.18. The molecule has 0 aromatic heterocycles. The molecular weight excluding hydrogens is 189 g/mol. The Bertz CT molecular complexity index is 217. The van der Waals surface area contributed by atoms with Crippen LogP contribution >= 0.6 is 7.60 Å². The molecular formula is C8H18NO3P. The van der Waals surface area contributed by atoms with Gasteiger partial charge in [-0.2, -0.15) is 0 Å². The van der Waals surface area contributed by atoms with Gasteiger partial charge in [0, 0.05) is 6.04 Å². The monoisotopic (exact) mass is 207 g/mol. The van der Waals surface area contributed by atoms with Crippen LogP contribution in [0.2, 0.25) is 0 Å². The van der Waals surface area contributed by atoms with Gasteiger partial charge in [0.25, 0.3) is 0 Å². The Morgan fingerprint density at radius 1 is 1.31 bits per heavy atom. The highest BCUT2D eigenvalue weighted by molar-refractivity contribution is 7.53. The fourth-order valence-corrected chi connectivity index (χ4v) is 3.34. The molecule has 0 saturated heterocycles. The van der Waals surface area contributed by atoms with Crippen LogP contribution < -0.4 is 5.32 Å². The zero-order valence-electron chi connectivity index (χ0n) is 8.16. The predicted octanol–water partition coefficient (Wildman–Crippen LogP) is 1.43. The van der Waals surface area contributed by atoms with E-state index in [-0.39, 0.29) is 6.04 Å². The van der Waals surface area contributed by atoms with Crippen molar-refractivity contribution in [2.75, 3.05) is 0 Å². The molecule has 0 heterocycles. The first-order valence-corrected chi connectivity index (χ1v) is 6.32. The first-order valence-electron chi connectivity index (χ1n) is 4.71. The van der Waals surface area contributed by atoms with Crippen molar-refractivity contribution < 1.29 is 14.4 Å². The first-order chi connectivity index (χ1) is 5.87. The van der Waals surface area contributed by atoms with Crippen LogP contribution in [-0.4, -0.2) is 21.1 Å². The SMILES string of the molecule is CC(C)NC1(P(=O)(O)O)CCCC1. The molecule has 1 aliphatic carbocycles. The summed E-state index contributed by atoms with van der Waals surface area (Å²) in [5.41, 5.74) is 0. The van der Waals surface area contributed by atoms with Gasteiger partial charge in [-0.1, -0.05) is 12.8 Å². The first kappa shape index (κ1) is 11.2. The highest BCUT2D eigenvalue weighted by Crippen LogP contribution is 2.57. The fourth-order valence-electron chi connectivity index (χ4n) is 2.02. The number of hydrogen-bond acceptors (Lipinski definition) is 2. The molecule has 13 heavy (non-hydrogen) atoms. The molecule has 1 saturated carbocycles. The van der Waals surface area contributed by atoms with Crippen molar-refractivity contribution >= 4 is 7.60 Å². The van der Waals surface area contributed by atoms with E-state index >= 15 is 0 Å². The summed E-state index contributed by atoms with van der Waals surface area (Å²) in [6, 6.07) is 0.116. The van der Waals surface area contributed by atoms with Crippen LogP contribution in [0, 0.1) is 0 Å². The molecule has 0 atom stereocenters. The molecule has 0 bridgehead atoms. The molecule has 0 spiro atoms. The lowest BCUT2D eigenvalue weighted by Gasteiger charge is -2.32. The molecule has 0 aromatic carbocycles. The van der Waals surface area contributed by atoms with Crippen molar-refractivity contribution in [1.29, 1.82) is 0 Å². The Hall–Kier alpha value is 0.110. The van der Waals surface area contributed by atoms with Crippen molar-refractivity contribution in [2.24, 2.45) is 0 Å². The smallest absolute Gasteiger partial charge is 0.323 e. The summed E-state index contributed by atoms with van der Waals surface area (Å²) in [7, 11) is -4.01. The van der Waals surface area contributed by atoms with E-state index in [0.717, 1.165) is 12.8 Å². The van der Waals surface area contributed by atoms with E-state index in [1.54, 1.807) is 0 Å². The average Bonchev–Trinajstić information content (AvgIpc) is 2.33. The molecule has 78 valence electrons. The van der Waals surface area contributed by atoms with Crippen molar-refractivity contribution in [3.05, 3.63) is 0 Å². The molecule has 5 heteroatoms. The van der Waals surface area contributed by atoms with Crippen molar-refractivity contribution in [1.82, 2.24) is 5.32 Å². The maximum Gasteiger partial charge on any atom is 0.345 e. The van der Waals surface area contributed by atoms with E-state index in [4.69, 9.17) is 0 Å².